The number of carbonyl (C=O) groups is 4. The number of halogens is 2. The number of carboxylic acid groups (broad SMARTS) is 1. The lowest BCUT2D eigenvalue weighted by Crippen LogP contribution is -2.48. The molecule has 0 bridgehead atoms. The van der Waals surface area contributed by atoms with Crippen LogP contribution >= 0.6 is 0 Å². The Labute approximate surface area is 312 Å². The molecule has 288 valence electrons. The number of nitrogens with zero attached hydrogens (tertiary/aromatic N) is 3. The Morgan fingerprint density at radius 2 is 1.67 bits per heavy atom. The summed E-state index contributed by atoms with van der Waals surface area (Å²) in [6.07, 6.45) is 1.35. The second kappa shape index (κ2) is 18.4. The molecule has 0 spiro atoms. The van der Waals surface area contributed by atoms with Gasteiger partial charge >= 0.3 is 5.97 Å². The van der Waals surface area contributed by atoms with Gasteiger partial charge in [0.25, 0.3) is 0 Å². The van der Waals surface area contributed by atoms with Gasteiger partial charge in [-0.2, -0.15) is 0 Å². The summed E-state index contributed by atoms with van der Waals surface area (Å²) in [5, 5.41) is 24.7. The lowest BCUT2D eigenvalue weighted by Gasteiger charge is -2.40. The highest BCUT2D eigenvalue weighted by Gasteiger charge is 2.38. The zero-order chi connectivity index (χ0) is 39.6. The van der Waals surface area contributed by atoms with Crippen molar-refractivity contribution in [3.63, 3.8) is 0 Å². The molecule has 3 aromatic carbocycles. The van der Waals surface area contributed by atoms with Crippen molar-refractivity contribution in [2.75, 3.05) is 25.4 Å². The molecule has 0 saturated heterocycles. The molecule has 4 aromatic rings. The summed E-state index contributed by atoms with van der Waals surface area (Å²) in [4.78, 5) is 56.8. The van der Waals surface area contributed by atoms with Crippen molar-refractivity contribution in [1.29, 1.82) is 0 Å². The fraction of sp³-hybridized carbons (Fsp3) is 0.359. The predicted octanol–water partition coefficient (Wildman–Crippen LogP) is 3.40. The third-order valence-corrected chi connectivity index (χ3v) is 8.76. The van der Waals surface area contributed by atoms with Crippen molar-refractivity contribution in [3.05, 3.63) is 108 Å². The number of amides is 3. The number of aliphatic carboxylic acids is 1. The number of carbonyl (C=O) groups excluding carboxylic acids is 3. The van der Waals surface area contributed by atoms with Crippen LogP contribution in [0.15, 0.2) is 79.0 Å². The molecule has 3 atom stereocenters. The smallest absolute Gasteiger partial charge is 0.326 e. The molecule has 0 aliphatic heterocycles. The van der Waals surface area contributed by atoms with Crippen molar-refractivity contribution < 1.29 is 38.2 Å². The number of hydrogen-bond donors (Lipinski definition) is 6. The van der Waals surface area contributed by atoms with Gasteiger partial charge in [0.2, 0.25) is 17.7 Å². The minimum Gasteiger partial charge on any atom is -0.480 e. The van der Waals surface area contributed by atoms with Gasteiger partial charge in [-0.15, -0.1) is 0 Å². The van der Waals surface area contributed by atoms with Gasteiger partial charge in [0, 0.05) is 49.9 Å². The lowest BCUT2D eigenvalue weighted by atomic mass is 9.84. The van der Waals surface area contributed by atoms with E-state index in [0.29, 0.717) is 17.1 Å². The number of anilines is 1. The number of nitrogens with two attached hydrogens (primary N) is 2. The molecule has 0 radical (unpaired) electrons. The molecule has 3 amide bonds. The molecular formula is C39H47F2N7O6. The molecular weight excluding hydrogens is 700 g/mol. The average molecular weight is 748 g/mol. The van der Waals surface area contributed by atoms with Gasteiger partial charge in [0.15, 0.2) is 0 Å². The van der Waals surface area contributed by atoms with Crippen LogP contribution in [0.2, 0.25) is 0 Å². The fourth-order valence-corrected chi connectivity index (χ4v) is 6.06. The molecule has 54 heavy (non-hydrogen) atoms. The van der Waals surface area contributed by atoms with Gasteiger partial charge < -0.3 is 41.8 Å². The van der Waals surface area contributed by atoms with Gasteiger partial charge in [-0.3, -0.25) is 14.4 Å². The minimum atomic E-state index is -1.22. The average Bonchev–Trinajstić information content (AvgIpc) is 3.52. The van der Waals surface area contributed by atoms with Crippen molar-refractivity contribution in [3.8, 4) is 11.3 Å². The maximum Gasteiger partial charge on any atom is 0.326 e. The summed E-state index contributed by atoms with van der Waals surface area (Å²) < 4.78 is 31.0. The van der Waals surface area contributed by atoms with Crippen LogP contribution < -0.4 is 22.1 Å². The van der Waals surface area contributed by atoms with Crippen molar-refractivity contribution in [2.24, 2.45) is 11.1 Å². The topological polar surface area (TPSA) is 206 Å². The van der Waals surface area contributed by atoms with Crippen molar-refractivity contribution in [2.45, 2.75) is 64.7 Å². The number of imidazole rings is 1. The summed E-state index contributed by atoms with van der Waals surface area (Å²) in [6.45, 7) is 4.78. The Kier molecular flexibility index (Phi) is 14.0. The van der Waals surface area contributed by atoms with Gasteiger partial charge in [-0.05, 0) is 53.3 Å². The number of nitrogen functional groups attached to an aromatic ring is 1. The molecule has 4 rings (SSSR count). The van der Waals surface area contributed by atoms with Crippen LogP contribution in [0.3, 0.4) is 0 Å². The summed E-state index contributed by atoms with van der Waals surface area (Å²) in [7, 11) is 0. The zero-order valence-corrected chi connectivity index (χ0v) is 30.5. The normalized spacial score (nSPS) is 13.1. The SMILES string of the molecule is CC(C)(C)[C@H](c1nc(-c2cc(F)ccc2F)cn1Cc1ccccc1)N(CC[C@H](N)C(=O)NCCC(=O)N[C@@H](Cc1ccc(N)cc1)C(=O)O)C(=O)CO. The molecule has 0 aliphatic rings. The molecule has 13 nitrogen and oxygen atoms in total. The number of aromatic nitrogens is 2. The van der Waals surface area contributed by atoms with E-state index in [-0.39, 0.29) is 50.2 Å². The van der Waals surface area contributed by atoms with Crippen LogP contribution in [0.1, 0.15) is 56.6 Å². The Balaban J connectivity index is 1.48. The molecule has 0 unspecified atom stereocenters. The van der Waals surface area contributed by atoms with Crippen molar-refractivity contribution >= 4 is 29.4 Å². The van der Waals surface area contributed by atoms with Crippen LogP contribution in [0.4, 0.5) is 14.5 Å². The number of nitrogens with one attached hydrogen (secondary N) is 2. The Bertz CT molecular complexity index is 1910. The molecule has 0 fully saturated rings. The first-order valence-electron chi connectivity index (χ1n) is 17.4. The second-order valence-electron chi connectivity index (χ2n) is 14.1. The number of aliphatic hydroxyl groups is 1. The van der Waals surface area contributed by atoms with E-state index in [1.807, 2.05) is 51.1 Å². The van der Waals surface area contributed by atoms with E-state index in [9.17, 15) is 38.2 Å². The number of rotatable bonds is 17. The Morgan fingerprint density at radius 1 is 0.981 bits per heavy atom. The standard InChI is InChI=1S/C39H47F2N7O6/c1-39(2,3)35(36-46-32(28-20-26(40)11-14-29(28)41)22-47(36)21-25-7-5-4-6-8-25)48(34(51)23-49)18-16-30(43)37(52)44-17-15-33(50)45-31(38(53)54)19-24-9-12-27(42)13-10-24/h4-14,20,22,30-31,35,49H,15-19,21,23,42-43H2,1-3H3,(H,44,52)(H,45,50)(H,53,54)/t30-,31-,35-/m0/s1. The van der Waals surface area contributed by atoms with Crippen LogP contribution in [-0.4, -0.2) is 80.1 Å². The molecule has 15 heteroatoms. The van der Waals surface area contributed by atoms with Gasteiger partial charge in [-0.25, -0.2) is 18.6 Å². The van der Waals surface area contributed by atoms with Gasteiger partial charge in [0.05, 0.1) is 17.8 Å². The third-order valence-electron chi connectivity index (χ3n) is 8.76. The number of benzene rings is 3. The zero-order valence-electron chi connectivity index (χ0n) is 30.5. The van der Waals surface area contributed by atoms with Gasteiger partial charge in [0.1, 0.15) is 30.1 Å². The largest absolute Gasteiger partial charge is 0.480 e. The van der Waals surface area contributed by atoms with E-state index in [0.717, 1.165) is 23.8 Å². The lowest BCUT2D eigenvalue weighted by molar-refractivity contribution is -0.141. The molecule has 0 aliphatic carbocycles. The third kappa shape index (κ3) is 11.2. The van der Waals surface area contributed by atoms with Crippen LogP contribution in [-0.2, 0) is 32.1 Å². The highest BCUT2D eigenvalue weighted by atomic mass is 19.1. The summed E-state index contributed by atoms with van der Waals surface area (Å²) in [5.41, 5.74) is 13.3. The number of hydrogen-bond acceptors (Lipinski definition) is 8. The highest BCUT2D eigenvalue weighted by molar-refractivity contribution is 5.85. The first-order valence-corrected chi connectivity index (χ1v) is 17.4. The number of aliphatic hydroxyl groups excluding tert-OH is 1. The maximum atomic E-state index is 15.0. The summed E-state index contributed by atoms with van der Waals surface area (Å²) in [6, 6.07) is 15.9. The maximum absolute atomic E-state index is 15.0. The molecule has 8 N–H and O–H groups in total. The van der Waals surface area contributed by atoms with E-state index in [1.54, 1.807) is 35.0 Å². The summed E-state index contributed by atoms with van der Waals surface area (Å²) >= 11 is 0. The van der Waals surface area contributed by atoms with Gasteiger partial charge in [-0.1, -0.05) is 63.2 Å². The number of carboxylic acids is 1. The Morgan fingerprint density at radius 3 is 2.30 bits per heavy atom. The monoisotopic (exact) mass is 747 g/mol. The minimum absolute atomic E-state index is 0.0344. The van der Waals surface area contributed by atoms with Crippen LogP contribution in [0.5, 0.6) is 0 Å². The quantitative estimate of drug-likeness (QED) is 0.0875. The van der Waals surface area contributed by atoms with E-state index >= 15 is 0 Å². The Hall–Kier alpha value is -5.67. The van der Waals surface area contributed by atoms with E-state index in [1.165, 1.54) is 4.90 Å². The predicted molar refractivity (Wildman–Crippen MR) is 198 cm³/mol. The molecule has 0 saturated carbocycles. The van der Waals surface area contributed by atoms with Crippen LogP contribution in [0.25, 0.3) is 11.3 Å². The van der Waals surface area contributed by atoms with Crippen molar-refractivity contribution in [1.82, 2.24) is 25.1 Å². The second-order valence-corrected chi connectivity index (χ2v) is 14.1. The fourth-order valence-electron chi connectivity index (χ4n) is 6.06. The van der Waals surface area contributed by atoms with E-state index in [2.05, 4.69) is 10.6 Å². The molecule has 1 aromatic heterocycles. The first kappa shape index (κ1) is 41.1. The summed E-state index contributed by atoms with van der Waals surface area (Å²) in [5.74, 6) is -4.09. The first-order chi connectivity index (χ1) is 25.6. The highest BCUT2D eigenvalue weighted by Crippen LogP contribution is 2.39. The van der Waals surface area contributed by atoms with E-state index < -0.39 is 65.5 Å². The van der Waals surface area contributed by atoms with Crippen LogP contribution in [0, 0.1) is 17.0 Å². The molecule has 1 heterocycles. The van der Waals surface area contributed by atoms with E-state index in [4.69, 9.17) is 16.5 Å².